The Kier molecular flexibility index (Phi) is 6.34. The maximum atomic E-state index is 12.5. The molecule has 2 fully saturated rings. The van der Waals surface area contributed by atoms with Crippen LogP contribution in [0.25, 0.3) is 0 Å². The molecule has 0 saturated heterocycles. The summed E-state index contributed by atoms with van der Waals surface area (Å²) in [7, 11) is 4.28. The Balaban J connectivity index is 1.31. The van der Waals surface area contributed by atoms with Crippen LogP contribution >= 0.6 is 0 Å². The predicted octanol–water partition coefficient (Wildman–Crippen LogP) is 5.61. The van der Waals surface area contributed by atoms with Crippen molar-refractivity contribution in [3.05, 3.63) is 29.3 Å². The van der Waals surface area contributed by atoms with Gasteiger partial charge in [-0.05, 0) is 107 Å². The number of Topliss-reactive ketones (excluding diaryl/α,β-unsaturated/α-hetero) is 1. The number of nitrogens with zero attached hydrogens (tertiary/aromatic N) is 1. The second-order valence-electron chi connectivity index (χ2n) is 10.3. The van der Waals surface area contributed by atoms with E-state index in [1.165, 1.54) is 44.2 Å². The number of unbranched alkanes of at least 4 members (excludes halogenated alkanes) is 3. The Bertz CT molecular complexity index is 727. The van der Waals surface area contributed by atoms with E-state index >= 15 is 0 Å². The Hall–Kier alpha value is -1.35. The first-order valence-corrected chi connectivity index (χ1v) is 11.9. The average Bonchev–Trinajstić information content (AvgIpc) is 3.01. The van der Waals surface area contributed by atoms with Crippen LogP contribution in [0.15, 0.2) is 18.2 Å². The molecule has 0 unspecified atom stereocenters. The third-order valence-corrected chi connectivity index (χ3v) is 8.18. The van der Waals surface area contributed by atoms with E-state index in [2.05, 4.69) is 44.1 Å². The molecule has 3 aliphatic carbocycles. The van der Waals surface area contributed by atoms with Crippen LogP contribution in [0.4, 0.5) is 0 Å². The number of carbonyl (C=O) groups excluding carboxylic acids is 1. The zero-order chi connectivity index (χ0) is 20.4. The highest BCUT2D eigenvalue weighted by Crippen LogP contribution is 2.59. The fourth-order valence-corrected chi connectivity index (χ4v) is 6.49. The Labute approximate surface area is 177 Å². The van der Waals surface area contributed by atoms with E-state index in [0.29, 0.717) is 23.5 Å². The lowest BCUT2D eigenvalue weighted by Gasteiger charge is -2.48. The van der Waals surface area contributed by atoms with Crippen molar-refractivity contribution in [2.24, 2.45) is 17.3 Å². The molecule has 0 amide bonds. The summed E-state index contributed by atoms with van der Waals surface area (Å²) in [6.07, 6.45) is 11.6. The second-order valence-corrected chi connectivity index (χ2v) is 10.3. The molecular weight excluding hydrogens is 358 g/mol. The number of benzene rings is 1. The first kappa shape index (κ1) is 20.9. The Morgan fingerprint density at radius 1 is 1.07 bits per heavy atom. The standard InChI is InChI=1S/C26H39NO2/c1-26-15-14-22-21-11-9-20(29-17-7-5-4-6-16-27(2)3)18-19(21)8-10-23(22)24(26)12-13-25(26)28/h9,11,18,22-24H,4-8,10,12-17H2,1-3H3/t22-,23-,24+,26-/m1/s1. The first-order chi connectivity index (χ1) is 14.0. The highest BCUT2D eigenvalue weighted by atomic mass is 16.5. The molecule has 0 spiro atoms. The molecule has 3 heteroatoms. The zero-order valence-corrected chi connectivity index (χ0v) is 18.7. The number of fused-ring (bicyclic) bond motifs is 5. The van der Waals surface area contributed by atoms with E-state index in [0.717, 1.165) is 44.5 Å². The van der Waals surface area contributed by atoms with Gasteiger partial charge in [0.2, 0.25) is 0 Å². The summed E-state index contributed by atoms with van der Waals surface area (Å²) >= 11 is 0. The van der Waals surface area contributed by atoms with Crippen LogP contribution < -0.4 is 4.74 Å². The van der Waals surface area contributed by atoms with Crippen molar-refractivity contribution in [1.82, 2.24) is 4.90 Å². The largest absolute Gasteiger partial charge is 0.494 e. The minimum atomic E-state index is -0.0196. The molecule has 3 aliphatic rings. The molecule has 1 aromatic rings. The van der Waals surface area contributed by atoms with E-state index in [1.54, 1.807) is 5.56 Å². The van der Waals surface area contributed by atoms with Gasteiger partial charge in [-0.2, -0.15) is 0 Å². The topological polar surface area (TPSA) is 29.5 Å². The summed E-state index contributed by atoms with van der Waals surface area (Å²) in [4.78, 5) is 14.7. The lowest BCUT2D eigenvalue weighted by molar-refractivity contribution is -0.129. The minimum Gasteiger partial charge on any atom is -0.494 e. The van der Waals surface area contributed by atoms with Crippen molar-refractivity contribution in [1.29, 1.82) is 0 Å². The van der Waals surface area contributed by atoms with Crippen molar-refractivity contribution >= 4 is 5.78 Å². The summed E-state index contributed by atoms with van der Waals surface area (Å²) < 4.78 is 6.08. The van der Waals surface area contributed by atoms with Gasteiger partial charge in [-0.1, -0.05) is 25.8 Å². The van der Waals surface area contributed by atoms with Gasteiger partial charge < -0.3 is 9.64 Å². The molecule has 3 nitrogen and oxygen atoms in total. The normalized spacial score (nSPS) is 30.8. The molecule has 4 atom stereocenters. The quantitative estimate of drug-likeness (QED) is 0.534. The fourth-order valence-electron chi connectivity index (χ4n) is 6.49. The molecule has 29 heavy (non-hydrogen) atoms. The number of carbonyl (C=O) groups is 1. The predicted molar refractivity (Wildman–Crippen MR) is 119 cm³/mol. The molecular formula is C26H39NO2. The fraction of sp³-hybridized carbons (Fsp3) is 0.731. The van der Waals surface area contributed by atoms with Crippen molar-refractivity contribution < 1.29 is 9.53 Å². The van der Waals surface area contributed by atoms with Gasteiger partial charge in [-0.15, -0.1) is 0 Å². The average molecular weight is 398 g/mol. The third-order valence-electron chi connectivity index (χ3n) is 8.18. The van der Waals surface area contributed by atoms with Crippen LogP contribution in [0.3, 0.4) is 0 Å². The van der Waals surface area contributed by atoms with Crippen LogP contribution in [-0.4, -0.2) is 37.9 Å². The van der Waals surface area contributed by atoms with Crippen LogP contribution in [0.1, 0.15) is 81.8 Å². The van der Waals surface area contributed by atoms with Gasteiger partial charge in [0.05, 0.1) is 6.61 Å². The van der Waals surface area contributed by atoms with E-state index < -0.39 is 0 Å². The van der Waals surface area contributed by atoms with Gasteiger partial charge in [-0.3, -0.25) is 4.79 Å². The van der Waals surface area contributed by atoms with E-state index in [-0.39, 0.29) is 5.41 Å². The minimum absolute atomic E-state index is 0.0196. The number of ether oxygens (including phenoxy) is 1. The second kappa shape index (κ2) is 8.79. The highest BCUT2D eigenvalue weighted by Gasteiger charge is 2.54. The van der Waals surface area contributed by atoms with Gasteiger partial charge >= 0.3 is 0 Å². The van der Waals surface area contributed by atoms with Crippen LogP contribution in [0.5, 0.6) is 5.75 Å². The lowest BCUT2D eigenvalue weighted by atomic mass is 9.55. The summed E-state index contributed by atoms with van der Waals surface area (Å²) in [6, 6.07) is 6.85. The number of hydrogen-bond donors (Lipinski definition) is 0. The van der Waals surface area contributed by atoms with Crippen molar-refractivity contribution in [3.63, 3.8) is 0 Å². The van der Waals surface area contributed by atoms with Crippen molar-refractivity contribution in [2.45, 2.75) is 77.0 Å². The summed E-state index contributed by atoms with van der Waals surface area (Å²) in [6.45, 7) is 4.27. The number of rotatable bonds is 8. The molecule has 0 aliphatic heterocycles. The van der Waals surface area contributed by atoms with Crippen molar-refractivity contribution in [2.75, 3.05) is 27.2 Å². The van der Waals surface area contributed by atoms with Crippen LogP contribution in [0, 0.1) is 17.3 Å². The van der Waals surface area contributed by atoms with Crippen molar-refractivity contribution in [3.8, 4) is 5.75 Å². The molecule has 0 radical (unpaired) electrons. The number of hydrogen-bond acceptors (Lipinski definition) is 3. The maximum Gasteiger partial charge on any atom is 0.139 e. The third kappa shape index (κ3) is 4.26. The number of aryl methyl sites for hydroxylation is 1. The molecule has 0 bridgehead atoms. The monoisotopic (exact) mass is 397 g/mol. The number of ketones is 1. The summed E-state index contributed by atoms with van der Waals surface area (Å²) in [5.74, 6) is 3.57. The first-order valence-electron chi connectivity index (χ1n) is 11.9. The lowest BCUT2D eigenvalue weighted by Crippen LogP contribution is -2.42. The zero-order valence-electron chi connectivity index (χ0n) is 18.7. The van der Waals surface area contributed by atoms with Gasteiger partial charge in [0.1, 0.15) is 11.5 Å². The van der Waals surface area contributed by atoms with Crippen LogP contribution in [0.2, 0.25) is 0 Å². The van der Waals surface area contributed by atoms with Crippen LogP contribution in [-0.2, 0) is 11.2 Å². The van der Waals surface area contributed by atoms with E-state index in [4.69, 9.17) is 4.74 Å². The summed E-state index contributed by atoms with van der Waals surface area (Å²) in [5.41, 5.74) is 3.04. The van der Waals surface area contributed by atoms with Gasteiger partial charge in [0, 0.05) is 11.8 Å². The highest BCUT2D eigenvalue weighted by molar-refractivity contribution is 5.87. The van der Waals surface area contributed by atoms with E-state index in [9.17, 15) is 4.79 Å². The maximum absolute atomic E-state index is 12.5. The molecule has 160 valence electrons. The van der Waals surface area contributed by atoms with Gasteiger partial charge in [0.15, 0.2) is 0 Å². The van der Waals surface area contributed by atoms with Gasteiger partial charge in [0.25, 0.3) is 0 Å². The Morgan fingerprint density at radius 2 is 1.90 bits per heavy atom. The SMILES string of the molecule is CN(C)CCCCCCOc1ccc2c(c1)CC[C@@H]1[C@@H]2CC[C@@]2(C)C(=O)CC[C@@H]12. The summed E-state index contributed by atoms with van der Waals surface area (Å²) in [5, 5.41) is 0. The molecule has 2 saturated carbocycles. The Morgan fingerprint density at radius 3 is 2.72 bits per heavy atom. The molecule has 0 heterocycles. The smallest absolute Gasteiger partial charge is 0.139 e. The van der Waals surface area contributed by atoms with Gasteiger partial charge in [-0.25, -0.2) is 0 Å². The molecule has 0 aromatic heterocycles. The molecule has 1 aromatic carbocycles. The van der Waals surface area contributed by atoms with E-state index in [1.807, 2.05) is 0 Å². The molecule has 4 rings (SSSR count). The molecule has 0 N–H and O–H groups in total.